The molecule has 0 saturated heterocycles. The van der Waals surface area contributed by atoms with E-state index >= 15 is 0 Å². The maximum atomic E-state index is 14.0. The van der Waals surface area contributed by atoms with Gasteiger partial charge in [0.15, 0.2) is 0 Å². The monoisotopic (exact) mass is 1500 g/mol. The minimum absolute atomic E-state index is 0.217. The molecule has 2 rings (SSSR count). The Balaban J connectivity index is 2.28. The van der Waals surface area contributed by atoms with Crippen molar-refractivity contribution in [2.75, 3.05) is 56.5 Å². The van der Waals surface area contributed by atoms with Crippen LogP contribution in [-0.2, 0) is 4.74 Å². The van der Waals surface area contributed by atoms with Crippen LogP contribution in [0.15, 0.2) is 82.0 Å². The van der Waals surface area contributed by atoms with Gasteiger partial charge in [-0.15, -0.1) is 39.5 Å². The fraction of sp³-hybridized carbons (Fsp3) is 0.293. The van der Waals surface area contributed by atoms with Crippen LogP contribution in [0.25, 0.3) is 0 Å². The summed E-state index contributed by atoms with van der Waals surface area (Å²) in [5, 5.41) is 21.6. The molecule has 19 heteroatoms. The molecule has 0 saturated carbocycles. The van der Waals surface area contributed by atoms with Crippen LogP contribution < -0.4 is 21.3 Å². The van der Waals surface area contributed by atoms with Crippen molar-refractivity contribution in [3.63, 3.8) is 0 Å². The van der Waals surface area contributed by atoms with Crippen molar-refractivity contribution in [3.05, 3.63) is 120 Å². The van der Waals surface area contributed by atoms with E-state index in [0.29, 0.717) is 58.7 Å². The summed E-state index contributed by atoms with van der Waals surface area (Å²) in [4.78, 5) is 70.6. The lowest BCUT2D eigenvalue weighted by Gasteiger charge is -2.24. The number of amides is 6. The Morgan fingerprint density at radius 1 is 0.650 bits per heavy atom. The summed E-state index contributed by atoms with van der Waals surface area (Å²) in [7, 11) is 0. The first kappa shape index (κ1) is 54.3. The van der Waals surface area contributed by atoms with Crippen LogP contribution in [0.2, 0.25) is 0 Å². The van der Waals surface area contributed by atoms with Gasteiger partial charge in [-0.3, -0.25) is 19.7 Å². The second-order valence-electron chi connectivity index (χ2n) is 12.7. The number of hydrogen-bond donors (Lipinski definition) is 5. The number of anilines is 2. The highest BCUT2D eigenvalue weighted by Gasteiger charge is 2.31. The highest BCUT2D eigenvalue weighted by molar-refractivity contribution is 14.1. The SMILES string of the molecule is C=CCC(CC=C)CCNC(=O)c1c(I)c(NC(=O)NCC(O)COC(=O)Nc2c(I)cc(I)c(C(=O)N(CC=C)CC=C)c2I)c(I)c(C(=O)N(CC=C)CC=C)c1I. The van der Waals surface area contributed by atoms with E-state index in [-0.39, 0.29) is 54.2 Å². The van der Waals surface area contributed by atoms with Gasteiger partial charge in [-0.2, -0.15) is 0 Å². The minimum atomic E-state index is -1.31. The number of halogens is 6. The van der Waals surface area contributed by atoms with E-state index in [0.717, 1.165) is 12.8 Å². The molecule has 60 heavy (non-hydrogen) atoms. The lowest BCUT2D eigenvalue weighted by atomic mass is 9.97. The second-order valence-corrected chi connectivity index (χ2v) is 19.4. The molecule has 1 atom stereocenters. The number of allylic oxidation sites excluding steroid dienone is 2. The summed E-state index contributed by atoms with van der Waals surface area (Å²) in [6, 6.07) is 1.02. The molecular weight excluding hydrogens is 1450 g/mol. The fourth-order valence-electron chi connectivity index (χ4n) is 5.50. The van der Waals surface area contributed by atoms with Gasteiger partial charge in [0.25, 0.3) is 17.7 Å². The largest absolute Gasteiger partial charge is 0.446 e. The van der Waals surface area contributed by atoms with E-state index in [4.69, 9.17) is 4.74 Å². The Bertz CT molecular complexity index is 1970. The highest BCUT2D eigenvalue weighted by atomic mass is 127. The number of aliphatic hydroxyl groups excluding tert-OH is 1. The van der Waals surface area contributed by atoms with Crippen LogP contribution in [0.3, 0.4) is 0 Å². The Morgan fingerprint density at radius 3 is 1.67 bits per heavy atom. The van der Waals surface area contributed by atoms with E-state index in [1.54, 1.807) is 35.3 Å². The summed E-state index contributed by atoms with van der Waals surface area (Å²) in [5.41, 5.74) is 1.42. The third kappa shape index (κ3) is 15.8. The van der Waals surface area contributed by atoms with Crippen molar-refractivity contribution >= 4 is 177 Å². The molecule has 6 amide bonds. The Hall–Kier alpha value is -1.83. The minimum Gasteiger partial charge on any atom is -0.446 e. The number of hydrogen-bond acceptors (Lipinski definition) is 7. The van der Waals surface area contributed by atoms with E-state index < -0.39 is 30.7 Å². The van der Waals surface area contributed by atoms with Crippen molar-refractivity contribution in [2.45, 2.75) is 25.4 Å². The number of rotatable bonds is 24. The average Bonchev–Trinajstić information content (AvgIpc) is 3.19. The zero-order valence-corrected chi connectivity index (χ0v) is 45.5. The summed E-state index contributed by atoms with van der Waals surface area (Å²) >= 11 is 12.1. The number of aliphatic hydroxyl groups is 1. The molecule has 1 unspecified atom stereocenters. The quantitative estimate of drug-likeness (QED) is 0.0515. The topological polar surface area (TPSA) is 169 Å². The van der Waals surface area contributed by atoms with Crippen LogP contribution in [-0.4, -0.2) is 96.7 Å². The fourth-order valence-corrected chi connectivity index (χ4v) is 14.0. The molecule has 0 aliphatic carbocycles. The second kappa shape index (κ2) is 28.1. The molecule has 13 nitrogen and oxygen atoms in total. The number of carbonyl (C=O) groups excluding carboxylic acids is 5. The number of benzene rings is 2. The first-order valence-electron chi connectivity index (χ1n) is 18.1. The standard InChI is InChI=1S/C41H46I6N6O7/c1-7-13-24(14-8-2)15-16-48-37(55)29-31(44)30(39(57)53(19-11-5)20-12-6)34(47)36(33(29)46)50-40(58)49-22-25(54)23-60-41(59)51-35-27(43)21-26(42)28(32(35)45)38(56)52(17-9-3)18-10-4/h7-12,21,24-25,54H,1-6,13-20,22-23H2,(H,48,55)(H,51,59)(H2,49,50,58). The molecule has 0 bridgehead atoms. The lowest BCUT2D eigenvalue weighted by Crippen LogP contribution is -2.39. The van der Waals surface area contributed by atoms with Gasteiger partial charge in [-0.25, -0.2) is 9.59 Å². The Kier molecular flexibility index (Phi) is 25.4. The predicted molar refractivity (Wildman–Crippen MR) is 290 cm³/mol. The van der Waals surface area contributed by atoms with Crippen molar-refractivity contribution in [1.29, 1.82) is 0 Å². The smallest absolute Gasteiger partial charge is 0.411 e. The summed E-state index contributed by atoms with van der Waals surface area (Å²) in [6.45, 7) is 23.2. The van der Waals surface area contributed by atoms with Gasteiger partial charge in [0.2, 0.25) is 0 Å². The van der Waals surface area contributed by atoms with Gasteiger partial charge in [0.05, 0.1) is 38.8 Å². The molecular formula is C41H46I6N6O7. The van der Waals surface area contributed by atoms with Crippen LogP contribution in [0, 0.1) is 27.3 Å². The van der Waals surface area contributed by atoms with Crippen molar-refractivity contribution in [3.8, 4) is 0 Å². The number of nitrogens with one attached hydrogen (secondary N) is 4. The summed E-state index contributed by atoms with van der Waals surface area (Å²) < 4.78 is 8.34. The number of ether oxygens (including phenoxy) is 1. The van der Waals surface area contributed by atoms with E-state index in [1.165, 1.54) is 4.90 Å². The molecule has 0 heterocycles. The van der Waals surface area contributed by atoms with E-state index in [9.17, 15) is 29.1 Å². The molecule has 0 radical (unpaired) electrons. The first-order chi connectivity index (χ1) is 28.5. The molecule has 5 N–H and O–H groups in total. The zero-order valence-electron chi connectivity index (χ0n) is 32.6. The highest BCUT2D eigenvalue weighted by Crippen LogP contribution is 2.37. The molecule has 0 aliphatic rings. The molecule has 0 fully saturated rings. The third-order valence-corrected chi connectivity index (χ3v) is 14.3. The van der Waals surface area contributed by atoms with Crippen molar-refractivity contribution < 1.29 is 33.8 Å². The summed E-state index contributed by atoms with van der Waals surface area (Å²) in [6.07, 6.45) is 10.1. The first-order valence-corrected chi connectivity index (χ1v) is 24.6. The molecule has 324 valence electrons. The van der Waals surface area contributed by atoms with Gasteiger partial charge in [-0.05, 0) is 167 Å². The molecule has 2 aromatic rings. The molecule has 0 spiro atoms. The van der Waals surface area contributed by atoms with Gasteiger partial charge < -0.3 is 35.6 Å². The number of urea groups is 1. The average molecular weight is 1500 g/mol. The van der Waals surface area contributed by atoms with Crippen LogP contribution >= 0.6 is 136 Å². The number of nitrogens with zero attached hydrogens (tertiary/aromatic N) is 2. The molecule has 0 aromatic heterocycles. The number of carbonyl (C=O) groups is 5. The summed E-state index contributed by atoms with van der Waals surface area (Å²) in [5.74, 6) is -0.816. The van der Waals surface area contributed by atoms with Crippen LogP contribution in [0.4, 0.5) is 21.0 Å². The maximum Gasteiger partial charge on any atom is 0.411 e. The molecule has 2 aromatic carbocycles. The van der Waals surface area contributed by atoms with E-state index in [2.05, 4.69) is 83.3 Å². The molecule has 0 aliphatic heterocycles. The zero-order chi connectivity index (χ0) is 45.1. The van der Waals surface area contributed by atoms with E-state index in [1.807, 2.05) is 125 Å². The normalized spacial score (nSPS) is 11.1. The van der Waals surface area contributed by atoms with Gasteiger partial charge in [-0.1, -0.05) is 36.5 Å². The lowest BCUT2D eigenvalue weighted by molar-refractivity contribution is 0.0765. The third-order valence-electron chi connectivity index (χ3n) is 8.32. The van der Waals surface area contributed by atoms with Gasteiger partial charge in [0, 0.05) is 50.0 Å². The predicted octanol–water partition coefficient (Wildman–Crippen LogP) is 9.56. The Labute approximate surface area is 433 Å². The van der Waals surface area contributed by atoms with Gasteiger partial charge >= 0.3 is 12.1 Å². The van der Waals surface area contributed by atoms with Crippen molar-refractivity contribution in [2.24, 2.45) is 5.92 Å². The van der Waals surface area contributed by atoms with Crippen molar-refractivity contribution in [1.82, 2.24) is 20.4 Å². The maximum absolute atomic E-state index is 14.0. The van der Waals surface area contributed by atoms with Gasteiger partial charge in [0.1, 0.15) is 12.7 Å². The Morgan fingerprint density at radius 2 is 1.15 bits per heavy atom. The van der Waals surface area contributed by atoms with Crippen LogP contribution in [0.5, 0.6) is 0 Å². The van der Waals surface area contributed by atoms with Crippen LogP contribution in [0.1, 0.15) is 50.3 Å².